The van der Waals surface area contributed by atoms with Crippen LogP contribution >= 0.6 is 12.2 Å². The molecule has 0 saturated carbocycles. The number of rotatable bonds is 10. The Kier molecular flexibility index (Phi) is 9.88. The molecule has 0 bridgehead atoms. The Hall–Kier alpha value is -3.78. The summed E-state index contributed by atoms with van der Waals surface area (Å²) in [7, 11) is 3.29. The third-order valence-electron chi connectivity index (χ3n) is 7.27. The maximum absolute atomic E-state index is 12.1. The number of nitrogens with one attached hydrogen (secondary N) is 1. The van der Waals surface area contributed by atoms with Gasteiger partial charge in [0.2, 0.25) is 0 Å². The van der Waals surface area contributed by atoms with E-state index in [-0.39, 0.29) is 12.0 Å². The smallest absolute Gasteiger partial charge is 0.338 e. The third-order valence-corrected chi connectivity index (χ3v) is 7.60. The molecule has 0 aliphatic carbocycles. The zero-order chi connectivity index (χ0) is 28.6. The number of para-hydroxylation sites is 1. The molecule has 1 aliphatic heterocycles. The lowest BCUT2D eigenvalue weighted by Gasteiger charge is -2.39. The number of hydrogen-bond acceptors (Lipinski definition) is 6. The number of thiocarbonyl (C=S) groups is 1. The van der Waals surface area contributed by atoms with Gasteiger partial charge in [0.15, 0.2) is 16.6 Å². The van der Waals surface area contributed by atoms with Gasteiger partial charge < -0.3 is 29.2 Å². The Morgan fingerprint density at radius 1 is 0.975 bits per heavy atom. The van der Waals surface area contributed by atoms with Crippen molar-refractivity contribution < 1.29 is 23.7 Å². The van der Waals surface area contributed by atoms with Crippen LogP contribution in [0, 0.1) is 0 Å². The number of fused-ring (bicyclic) bond motifs is 1. The SMILES string of the molecule is CCOC(=O)c1ccc(OCC2c3cc(OC)c(OC)cc3CCN2C(=S)Nc2c(CC)cccc2CC)cc1. The highest BCUT2D eigenvalue weighted by atomic mass is 32.1. The number of hydrogen-bond donors (Lipinski definition) is 1. The summed E-state index contributed by atoms with van der Waals surface area (Å²) < 4.78 is 22.6. The minimum Gasteiger partial charge on any atom is -0.493 e. The van der Waals surface area contributed by atoms with Crippen molar-refractivity contribution in [2.75, 3.05) is 39.3 Å². The predicted molar refractivity (Wildman–Crippen MR) is 162 cm³/mol. The minimum absolute atomic E-state index is 0.174. The van der Waals surface area contributed by atoms with Crippen molar-refractivity contribution >= 4 is 29.0 Å². The van der Waals surface area contributed by atoms with Gasteiger partial charge in [0, 0.05) is 12.2 Å². The van der Waals surface area contributed by atoms with Gasteiger partial charge in [-0.25, -0.2) is 4.79 Å². The van der Waals surface area contributed by atoms with E-state index in [0.29, 0.717) is 41.1 Å². The number of aryl methyl sites for hydroxylation is 2. The number of carbonyl (C=O) groups excluding carboxylic acids is 1. The maximum Gasteiger partial charge on any atom is 0.338 e. The van der Waals surface area contributed by atoms with Crippen LogP contribution in [0.25, 0.3) is 0 Å². The van der Waals surface area contributed by atoms with Gasteiger partial charge >= 0.3 is 5.97 Å². The molecule has 0 radical (unpaired) electrons. The second kappa shape index (κ2) is 13.5. The van der Waals surface area contributed by atoms with Crippen molar-refractivity contribution in [3.05, 3.63) is 82.4 Å². The summed E-state index contributed by atoms with van der Waals surface area (Å²) in [6.07, 6.45) is 2.62. The van der Waals surface area contributed by atoms with E-state index in [0.717, 1.165) is 37.1 Å². The summed E-state index contributed by atoms with van der Waals surface area (Å²) in [6, 6.07) is 17.3. The van der Waals surface area contributed by atoms with Crippen LogP contribution in [0.3, 0.4) is 0 Å². The van der Waals surface area contributed by atoms with Crippen LogP contribution in [-0.4, -0.2) is 50.0 Å². The van der Waals surface area contributed by atoms with Gasteiger partial charge in [-0.05, 0) is 97.1 Å². The molecule has 3 aromatic carbocycles. The quantitative estimate of drug-likeness (QED) is 0.226. The highest BCUT2D eigenvalue weighted by molar-refractivity contribution is 7.80. The average Bonchev–Trinajstić information content (AvgIpc) is 2.99. The largest absolute Gasteiger partial charge is 0.493 e. The van der Waals surface area contributed by atoms with Crippen LogP contribution < -0.4 is 19.5 Å². The summed E-state index contributed by atoms with van der Waals surface area (Å²) in [5, 5.41) is 4.24. The van der Waals surface area contributed by atoms with Gasteiger partial charge in [-0.1, -0.05) is 32.0 Å². The van der Waals surface area contributed by atoms with E-state index in [4.69, 9.17) is 31.2 Å². The second-order valence-electron chi connectivity index (χ2n) is 9.51. The number of esters is 1. The summed E-state index contributed by atoms with van der Waals surface area (Å²) in [5.74, 6) is 1.67. The Bertz CT molecular complexity index is 1320. The molecule has 40 heavy (non-hydrogen) atoms. The first-order valence-corrected chi connectivity index (χ1v) is 14.2. The number of anilines is 1. The van der Waals surface area contributed by atoms with Crippen LogP contribution in [0.2, 0.25) is 0 Å². The van der Waals surface area contributed by atoms with Crippen molar-refractivity contribution in [1.82, 2.24) is 4.90 Å². The number of benzene rings is 3. The maximum atomic E-state index is 12.1. The molecule has 7 nitrogen and oxygen atoms in total. The fourth-order valence-electron chi connectivity index (χ4n) is 5.11. The van der Waals surface area contributed by atoms with Crippen LogP contribution in [0.15, 0.2) is 54.6 Å². The molecule has 212 valence electrons. The van der Waals surface area contributed by atoms with E-state index in [2.05, 4.69) is 42.3 Å². The molecule has 0 fully saturated rings. The lowest BCUT2D eigenvalue weighted by atomic mass is 9.92. The number of methoxy groups -OCH3 is 2. The Morgan fingerprint density at radius 2 is 1.62 bits per heavy atom. The van der Waals surface area contributed by atoms with Gasteiger partial charge in [0.05, 0.1) is 32.4 Å². The molecule has 1 N–H and O–H groups in total. The molecular formula is C32H38N2O5S. The predicted octanol–water partition coefficient (Wildman–Crippen LogP) is 6.38. The molecule has 4 rings (SSSR count). The molecule has 1 heterocycles. The molecule has 0 aromatic heterocycles. The van der Waals surface area contributed by atoms with E-state index in [1.165, 1.54) is 16.7 Å². The fourth-order valence-corrected chi connectivity index (χ4v) is 5.43. The molecule has 0 spiro atoms. The van der Waals surface area contributed by atoms with Crippen molar-refractivity contribution in [2.24, 2.45) is 0 Å². The van der Waals surface area contributed by atoms with Gasteiger partial charge in [0.1, 0.15) is 12.4 Å². The van der Waals surface area contributed by atoms with Gasteiger partial charge in [-0.3, -0.25) is 0 Å². The van der Waals surface area contributed by atoms with Crippen LogP contribution in [0.5, 0.6) is 17.2 Å². The van der Waals surface area contributed by atoms with E-state index in [1.807, 2.05) is 12.1 Å². The average molecular weight is 563 g/mol. The van der Waals surface area contributed by atoms with E-state index >= 15 is 0 Å². The zero-order valence-corrected chi connectivity index (χ0v) is 24.7. The lowest BCUT2D eigenvalue weighted by Crippen LogP contribution is -2.44. The summed E-state index contributed by atoms with van der Waals surface area (Å²) >= 11 is 6.04. The third kappa shape index (κ3) is 6.33. The van der Waals surface area contributed by atoms with Crippen LogP contribution in [-0.2, 0) is 24.0 Å². The van der Waals surface area contributed by atoms with Crippen molar-refractivity contribution in [3.8, 4) is 17.2 Å². The summed E-state index contributed by atoms with van der Waals surface area (Å²) in [5.41, 5.74) is 6.30. The molecule has 8 heteroatoms. The molecule has 0 amide bonds. The molecule has 1 aliphatic rings. The van der Waals surface area contributed by atoms with E-state index in [9.17, 15) is 4.79 Å². The Morgan fingerprint density at radius 3 is 2.23 bits per heavy atom. The summed E-state index contributed by atoms with van der Waals surface area (Å²) in [4.78, 5) is 14.3. The number of carbonyl (C=O) groups is 1. The van der Waals surface area contributed by atoms with Gasteiger partial charge in [-0.15, -0.1) is 0 Å². The molecule has 1 unspecified atom stereocenters. The Balaban J connectivity index is 1.64. The lowest BCUT2D eigenvalue weighted by molar-refractivity contribution is 0.0526. The van der Waals surface area contributed by atoms with Crippen molar-refractivity contribution in [3.63, 3.8) is 0 Å². The van der Waals surface area contributed by atoms with Crippen molar-refractivity contribution in [2.45, 2.75) is 46.1 Å². The van der Waals surface area contributed by atoms with Gasteiger partial charge in [0.25, 0.3) is 0 Å². The minimum atomic E-state index is -0.349. The highest BCUT2D eigenvalue weighted by Crippen LogP contribution is 2.39. The topological polar surface area (TPSA) is 69.3 Å². The standard InChI is InChI=1S/C32H38N2O5S/c1-6-21-10-9-11-22(7-2)30(21)33-32(40)34-17-16-24-18-28(36-4)29(37-5)19-26(24)27(34)20-39-25-14-12-23(13-15-25)31(35)38-8-3/h9-15,18-19,27H,6-8,16-17,20H2,1-5H3,(H,33,40). The molecule has 0 saturated heterocycles. The zero-order valence-electron chi connectivity index (χ0n) is 23.9. The first-order valence-electron chi connectivity index (χ1n) is 13.8. The van der Waals surface area contributed by atoms with Crippen LogP contribution in [0.4, 0.5) is 5.69 Å². The second-order valence-corrected chi connectivity index (χ2v) is 9.90. The van der Waals surface area contributed by atoms with Crippen molar-refractivity contribution in [1.29, 1.82) is 0 Å². The number of nitrogens with zero attached hydrogens (tertiary/aromatic N) is 1. The van der Waals surface area contributed by atoms with Gasteiger partial charge in [-0.2, -0.15) is 0 Å². The molecule has 3 aromatic rings. The highest BCUT2D eigenvalue weighted by Gasteiger charge is 2.32. The Labute approximate surface area is 242 Å². The van der Waals surface area contributed by atoms with E-state index in [1.54, 1.807) is 45.4 Å². The first kappa shape index (κ1) is 29.2. The van der Waals surface area contributed by atoms with Crippen LogP contribution in [0.1, 0.15) is 59.4 Å². The molecule has 1 atom stereocenters. The normalized spacial score (nSPS) is 14.2. The number of ether oxygens (including phenoxy) is 4. The molecular weight excluding hydrogens is 524 g/mol. The summed E-state index contributed by atoms with van der Waals surface area (Å²) in [6.45, 7) is 7.50. The first-order chi connectivity index (χ1) is 19.4. The fraction of sp³-hybridized carbons (Fsp3) is 0.375. The van der Waals surface area contributed by atoms with E-state index < -0.39 is 0 Å². The monoisotopic (exact) mass is 562 g/mol.